The number of aliphatic hydroxyl groups is 1. The number of carbonyl (C=O) groups is 3. The number of amides is 2. The van der Waals surface area contributed by atoms with Crippen LogP contribution in [-0.2, 0) is 14.3 Å². The van der Waals surface area contributed by atoms with Crippen LogP contribution in [0.15, 0.2) is 0 Å². The number of esters is 1. The number of methoxy groups -OCH3 is 1. The van der Waals surface area contributed by atoms with Crippen molar-refractivity contribution in [2.24, 2.45) is 5.92 Å². The van der Waals surface area contributed by atoms with Gasteiger partial charge in [-0.1, -0.05) is 0 Å². The van der Waals surface area contributed by atoms with Crippen LogP contribution in [0.25, 0.3) is 0 Å². The first-order valence-electron chi connectivity index (χ1n) is 5.46. The fourth-order valence-electron chi connectivity index (χ4n) is 1.73. The summed E-state index contributed by atoms with van der Waals surface area (Å²) in [5.41, 5.74) is 0. The van der Waals surface area contributed by atoms with E-state index >= 15 is 0 Å². The van der Waals surface area contributed by atoms with Crippen molar-refractivity contribution in [3.63, 3.8) is 0 Å². The van der Waals surface area contributed by atoms with Gasteiger partial charge in [0, 0.05) is 13.1 Å². The predicted octanol–water partition coefficient (Wildman–Crippen LogP) is -1.36. The molecule has 2 atom stereocenters. The Kier molecular flexibility index (Phi) is 4.90. The van der Waals surface area contributed by atoms with E-state index in [1.54, 1.807) is 0 Å². The number of aliphatic hydroxyl groups excluding tert-OH is 1. The molecule has 1 aliphatic heterocycles. The van der Waals surface area contributed by atoms with E-state index in [1.807, 2.05) is 0 Å². The third-order valence-electron chi connectivity index (χ3n) is 2.79. The van der Waals surface area contributed by atoms with Crippen LogP contribution < -0.4 is 5.32 Å². The largest absolute Gasteiger partial charge is 0.480 e. The van der Waals surface area contributed by atoms with Gasteiger partial charge >= 0.3 is 18.0 Å². The third-order valence-corrected chi connectivity index (χ3v) is 2.79. The van der Waals surface area contributed by atoms with Gasteiger partial charge in [-0.25, -0.2) is 9.59 Å². The van der Waals surface area contributed by atoms with Gasteiger partial charge in [-0.15, -0.1) is 0 Å². The average molecular weight is 260 g/mol. The Bertz CT molecular complexity index is 345. The molecule has 1 rings (SSSR count). The molecule has 0 aromatic heterocycles. The molecule has 1 unspecified atom stereocenters. The molecule has 8 nitrogen and oxygen atoms in total. The Labute approximate surface area is 104 Å². The second kappa shape index (κ2) is 6.20. The van der Waals surface area contributed by atoms with Crippen molar-refractivity contribution in [2.45, 2.75) is 12.5 Å². The van der Waals surface area contributed by atoms with Crippen LogP contribution in [0, 0.1) is 5.92 Å². The average Bonchev–Trinajstić information content (AvgIpc) is 2.83. The molecule has 1 heterocycles. The number of carboxylic acids is 1. The number of ether oxygens (including phenoxy) is 1. The highest BCUT2D eigenvalue weighted by Crippen LogP contribution is 2.17. The van der Waals surface area contributed by atoms with Crippen LogP contribution in [0.4, 0.5) is 4.79 Å². The SMILES string of the molecule is COC(=O)C1CCN(C(=O)N[C@@H](CO)C(=O)O)C1. The minimum Gasteiger partial charge on any atom is -0.480 e. The summed E-state index contributed by atoms with van der Waals surface area (Å²) in [5, 5.41) is 19.6. The summed E-state index contributed by atoms with van der Waals surface area (Å²) >= 11 is 0. The maximum Gasteiger partial charge on any atom is 0.328 e. The molecular weight excluding hydrogens is 244 g/mol. The number of hydrogen-bond donors (Lipinski definition) is 3. The highest BCUT2D eigenvalue weighted by atomic mass is 16.5. The molecule has 0 bridgehead atoms. The molecule has 8 heteroatoms. The zero-order chi connectivity index (χ0) is 13.7. The number of hydrogen-bond acceptors (Lipinski definition) is 5. The van der Waals surface area contributed by atoms with E-state index in [0.717, 1.165) is 0 Å². The summed E-state index contributed by atoms with van der Waals surface area (Å²) in [7, 11) is 1.28. The van der Waals surface area contributed by atoms with Crippen LogP contribution >= 0.6 is 0 Å². The summed E-state index contributed by atoms with van der Waals surface area (Å²) in [6, 6.07) is -1.95. The van der Waals surface area contributed by atoms with Crippen molar-refractivity contribution in [3.05, 3.63) is 0 Å². The molecule has 1 saturated heterocycles. The van der Waals surface area contributed by atoms with Gasteiger partial charge in [0.1, 0.15) is 0 Å². The van der Waals surface area contributed by atoms with E-state index < -0.39 is 24.6 Å². The fourth-order valence-corrected chi connectivity index (χ4v) is 1.73. The Morgan fingerprint density at radius 1 is 1.50 bits per heavy atom. The van der Waals surface area contributed by atoms with Crippen LogP contribution in [0.3, 0.4) is 0 Å². The first-order valence-corrected chi connectivity index (χ1v) is 5.46. The van der Waals surface area contributed by atoms with Gasteiger partial charge < -0.3 is 25.2 Å². The Balaban J connectivity index is 2.49. The van der Waals surface area contributed by atoms with Gasteiger partial charge in [-0.05, 0) is 6.42 Å². The summed E-state index contributed by atoms with van der Waals surface area (Å²) < 4.78 is 4.57. The van der Waals surface area contributed by atoms with Gasteiger partial charge in [-0.2, -0.15) is 0 Å². The lowest BCUT2D eigenvalue weighted by molar-refractivity contribution is -0.145. The molecule has 2 amide bonds. The molecule has 18 heavy (non-hydrogen) atoms. The van der Waals surface area contributed by atoms with E-state index in [2.05, 4.69) is 10.1 Å². The van der Waals surface area contributed by atoms with Crippen molar-refractivity contribution in [1.29, 1.82) is 0 Å². The van der Waals surface area contributed by atoms with Crippen LogP contribution in [-0.4, -0.2) is 65.9 Å². The van der Waals surface area contributed by atoms with E-state index in [4.69, 9.17) is 10.2 Å². The minimum atomic E-state index is -1.34. The molecular formula is C10H16N2O6. The Hall–Kier alpha value is -1.83. The minimum absolute atomic E-state index is 0.191. The van der Waals surface area contributed by atoms with Crippen LogP contribution in [0.1, 0.15) is 6.42 Å². The highest BCUT2D eigenvalue weighted by Gasteiger charge is 2.33. The topological polar surface area (TPSA) is 116 Å². The zero-order valence-corrected chi connectivity index (χ0v) is 9.96. The van der Waals surface area contributed by atoms with E-state index in [0.29, 0.717) is 13.0 Å². The number of urea groups is 1. The Morgan fingerprint density at radius 3 is 2.67 bits per heavy atom. The molecule has 0 saturated carbocycles. The second-order valence-electron chi connectivity index (χ2n) is 3.98. The monoisotopic (exact) mass is 260 g/mol. The summed E-state index contributed by atoms with van der Waals surface area (Å²) in [5.74, 6) is -2.07. The van der Waals surface area contributed by atoms with E-state index in [1.165, 1.54) is 12.0 Å². The normalized spacial score (nSPS) is 20.3. The predicted molar refractivity (Wildman–Crippen MR) is 58.7 cm³/mol. The van der Waals surface area contributed by atoms with Gasteiger partial charge in [0.25, 0.3) is 0 Å². The molecule has 102 valence electrons. The number of nitrogens with zero attached hydrogens (tertiary/aromatic N) is 1. The highest BCUT2D eigenvalue weighted by molar-refractivity contribution is 5.83. The lowest BCUT2D eigenvalue weighted by Gasteiger charge is -2.19. The molecule has 0 radical (unpaired) electrons. The number of likely N-dealkylation sites (tertiary alicyclic amines) is 1. The van der Waals surface area contributed by atoms with Gasteiger partial charge in [0.2, 0.25) is 0 Å². The number of carboxylic acid groups (broad SMARTS) is 1. The number of rotatable bonds is 4. The molecule has 0 aromatic rings. The number of aliphatic carboxylic acids is 1. The van der Waals surface area contributed by atoms with Crippen molar-refractivity contribution in [3.8, 4) is 0 Å². The van der Waals surface area contributed by atoms with Crippen LogP contribution in [0.2, 0.25) is 0 Å². The molecule has 0 aliphatic carbocycles. The summed E-state index contributed by atoms with van der Waals surface area (Å²) in [6.45, 7) is -0.144. The van der Waals surface area contributed by atoms with E-state index in [9.17, 15) is 14.4 Å². The van der Waals surface area contributed by atoms with Crippen molar-refractivity contribution in [1.82, 2.24) is 10.2 Å². The summed E-state index contributed by atoms with van der Waals surface area (Å²) in [6.07, 6.45) is 0.483. The first-order chi connectivity index (χ1) is 8.49. The molecule has 3 N–H and O–H groups in total. The van der Waals surface area contributed by atoms with Crippen LogP contribution in [0.5, 0.6) is 0 Å². The Morgan fingerprint density at radius 2 is 2.17 bits per heavy atom. The standard InChI is InChI=1S/C10H16N2O6/c1-18-9(16)6-2-3-12(4-6)10(17)11-7(5-13)8(14)15/h6-7,13H,2-5H2,1H3,(H,11,17)(H,14,15)/t6?,7-/m0/s1. The lowest BCUT2D eigenvalue weighted by atomic mass is 10.1. The van der Waals surface area contributed by atoms with Gasteiger partial charge in [-0.3, -0.25) is 4.79 Å². The number of carbonyl (C=O) groups excluding carboxylic acids is 2. The molecule has 1 fully saturated rings. The first kappa shape index (κ1) is 14.2. The van der Waals surface area contributed by atoms with E-state index in [-0.39, 0.29) is 18.4 Å². The molecule has 0 spiro atoms. The smallest absolute Gasteiger partial charge is 0.328 e. The zero-order valence-electron chi connectivity index (χ0n) is 9.96. The van der Waals surface area contributed by atoms with Crippen molar-refractivity contribution in [2.75, 3.05) is 26.8 Å². The maximum atomic E-state index is 11.7. The fraction of sp³-hybridized carbons (Fsp3) is 0.700. The van der Waals surface area contributed by atoms with Gasteiger partial charge in [0.05, 0.1) is 19.6 Å². The lowest BCUT2D eigenvalue weighted by Crippen LogP contribution is -2.49. The van der Waals surface area contributed by atoms with Gasteiger partial charge in [0.15, 0.2) is 6.04 Å². The molecule has 1 aliphatic rings. The van der Waals surface area contributed by atoms with Crippen molar-refractivity contribution < 1.29 is 29.3 Å². The van der Waals surface area contributed by atoms with Crippen molar-refractivity contribution >= 4 is 18.0 Å². The third kappa shape index (κ3) is 3.33. The second-order valence-corrected chi connectivity index (χ2v) is 3.98. The maximum absolute atomic E-state index is 11.7. The number of nitrogens with one attached hydrogen (secondary N) is 1. The molecule has 0 aromatic carbocycles. The summed E-state index contributed by atoms with van der Waals surface area (Å²) in [4.78, 5) is 34.9. The quantitative estimate of drug-likeness (QED) is 0.537.